The van der Waals surface area contributed by atoms with Crippen molar-refractivity contribution in [3.05, 3.63) is 47.9 Å². The van der Waals surface area contributed by atoms with E-state index in [4.69, 9.17) is 4.74 Å². The van der Waals surface area contributed by atoms with Crippen LogP contribution >= 0.6 is 0 Å². The molecule has 0 spiro atoms. The number of carbonyl (C=O) groups excluding carboxylic acids is 1. The number of benzene rings is 1. The summed E-state index contributed by atoms with van der Waals surface area (Å²) < 4.78 is 5.13. The topological polar surface area (TPSA) is 29.5 Å². The molecule has 3 heteroatoms. The largest absolute Gasteiger partial charge is 0.499 e. The van der Waals surface area contributed by atoms with E-state index in [1.165, 1.54) is 5.56 Å². The predicted molar refractivity (Wildman–Crippen MR) is 61.6 cm³/mol. The first-order chi connectivity index (χ1) is 7.78. The third-order valence-electron chi connectivity index (χ3n) is 2.57. The Bertz CT molecular complexity index is 398. The molecule has 0 aliphatic carbocycles. The summed E-state index contributed by atoms with van der Waals surface area (Å²) in [5, 5.41) is 0. The lowest BCUT2D eigenvalue weighted by molar-refractivity contribution is -0.120. The number of hydrogen-bond donors (Lipinski definition) is 0. The van der Waals surface area contributed by atoms with Gasteiger partial charge < -0.3 is 9.64 Å². The second kappa shape index (κ2) is 4.84. The second-order valence-electron chi connectivity index (χ2n) is 3.91. The van der Waals surface area contributed by atoms with Gasteiger partial charge in [0.05, 0.1) is 20.1 Å². The number of allylic oxidation sites excluding steroid dienone is 1. The van der Waals surface area contributed by atoms with E-state index in [1.54, 1.807) is 7.11 Å². The Kier molecular flexibility index (Phi) is 3.25. The zero-order valence-corrected chi connectivity index (χ0v) is 9.35. The predicted octanol–water partition coefficient (Wildman–Crippen LogP) is 1.95. The Morgan fingerprint density at radius 1 is 1.31 bits per heavy atom. The maximum Gasteiger partial charge on any atom is 0.159 e. The molecule has 16 heavy (non-hydrogen) atoms. The molecule has 1 aromatic carbocycles. The molecule has 84 valence electrons. The molecule has 0 bridgehead atoms. The lowest BCUT2D eigenvalue weighted by Gasteiger charge is -2.25. The van der Waals surface area contributed by atoms with Gasteiger partial charge in [0.25, 0.3) is 0 Å². The van der Waals surface area contributed by atoms with Crippen LogP contribution in [0.15, 0.2) is 42.3 Å². The van der Waals surface area contributed by atoms with Gasteiger partial charge in [-0.2, -0.15) is 0 Å². The SMILES string of the molecule is COC1=CN(Cc2ccccc2)CC(=O)C1. The van der Waals surface area contributed by atoms with Gasteiger partial charge in [0.2, 0.25) is 0 Å². The summed E-state index contributed by atoms with van der Waals surface area (Å²) in [4.78, 5) is 13.5. The minimum absolute atomic E-state index is 0.204. The fourth-order valence-corrected chi connectivity index (χ4v) is 1.82. The summed E-state index contributed by atoms with van der Waals surface area (Å²) in [5.74, 6) is 0.947. The maximum atomic E-state index is 11.5. The van der Waals surface area contributed by atoms with E-state index in [0.717, 1.165) is 12.3 Å². The van der Waals surface area contributed by atoms with Crippen molar-refractivity contribution in [2.45, 2.75) is 13.0 Å². The van der Waals surface area contributed by atoms with Crippen molar-refractivity contribution in [2.24, 2.45) is 0 Å². The van der Waals surface area contributed by atoms with Gasteiger partial charge >= 0.3 is 0 Å². The van der Waals surface area contributed by atoms with Crippen LogP contribution in [0.1, 0.15) is 12.0 Å². The van der Waals surface area contributed by atoms with E-state index < -0.39 is 0 Å². The van der Waals surface area contributed by atoms with E-state index in [-0.39, 0.29) is 5.78 Å². The molecule has 1 heterocycles. The van der Waals surface area contributed by atoms with Crippen LogP contribution < -0.4 is 0 Å². The monoisotopic (exact) mass is 217 g/mol. The Hall–Kier alpha value is -1.77. The first-order valence-electron chi connectivity index (χ1n) is 5.32. The number of carbonyl (C=O) groups is 1. The summed E-state index contributed by atoms with van der Waals surface area (Å²) in [6.07, 6.45) is 2.34. The van der Waals surface area contributed by atoms with E-state index in [1.807, 2.05) is 29.3 Å². The van der Waals surface area contributed by atoms with Crippen LogP contribution in [-0.4, -0.2) is 24.3 Å². The first-order valence-corrected chi connectivity index (χ1v) is 5.32. The zero-order chi connectivity index (χ0) is 11.4. The van der Waals surface area contributed by atoms with E-state index in [2.05, 4.69) is 12.1 Å². The van der Waals surface area contributed by atoms with Crippen LogP contribution in [0.4, 0.5) is 0 Å². The third kappa shape index (κ3) is 2.63. The Labute approximate surface area is 95.3 Å². The number of ether oxygens (including phenoxy) is 1. The molecule has 0 radical (unpaired) electrons. The highest BCUT2D eigenvalue weighted by Gasteiger charge is 2.17. The molecular weight excluding hydrogens is 202 g/mol. The van der Waals surface area contributed by atoms with Crippen molar-refractivity contribution in [1.82, 2.24) is 4.90 Å². The highest BCUT2D eigenvalue weighted by Crippen LogP contribution is 2.15. The van der Waals surface area contributed by atoms with Gasteiger partial charge in [0.1, 0.15) is 5.76 Å². The normalized spacial score (nSPS) is 15.9. The summed E-state index contributed by atoms with van der Waals surface area (Å²) >= 11 is 0. The molecule has 3 nitrogen and oxygen atoms in total. The second-order valence-corrected chi connectivity index (χ2v) is 3.91. The summed E-state index contributed by atoms with van der Waals surface area (Å²) in [6.45, 7) is 1.22. The molecule has 0 saturated heterocycles. The van der Waals surface area contributed by atoms with Gasteiger partial charge in [0, 0.05) is 12.7 Å². The molecule has 0 aromatic heterocycles. The van der Waals surface area contributed by atoms with Crippen LogP contribution in [0, 0.1) is 0 Å². The number of ketones is 1. The van der Waals surface area contributed by atoms with Crippen molar-refractivity contribution >= 4 is 5.78 Å². The Morgan fingerprint density at radius 3 is 2.75 bits per heavy atom. The van der Waals surface area contributed by atoms with Gasteiger partial charge in [-0.15, -0.1) is 0 Å². The van der Waals surface area contributed by atoms with Crippen molar-refractivity contribution in [3.63, 3.8) is 0 Å². The summed E-state index contributed by atoms with van der Waals surface area (Å²) in [5.41, 5.74) is 1.20. The van der Waals surface area contributed by atoms with E-state index >= 15 is 0 Å². The standard InChI is InChI=1S/C13H15NO2/c1-16-13-7-12(15)9-14(10-13)8-11-5-3-2-4-6-11/h2-6,10H,7-9H2,1H3. The summed E-state index contributed by atoms with van der Waals surface area (Å²) in [6, 6.07) is 10.1. The zero-order valence-electron chi connectivity index (χ0n) is 9.35. The van der Waals surface area contributed by atoms with Crippen LogP contribution in [0.25, 0.3) is 0 Å². The van der Waals surface area contributed by atoms with Crippen LogP contribution in [-0.2, 0) is 16.1 Å². The summed E-state index contributed by atoms with van der Waals surface area (Å²) in [7, 11) is 1.60. The smallest absolute Gasteiger partial charge is 0.159 e. The molecule has 1 aromatic rings. The van der Waals surface area contributed by atoms with E-state index in [0.29, 0.717) is 13.0 Å². The van der Waals surface area contributed by atoms with Crippen molar-refractivity contribution in [1.29, 1.82) is 0 Å². The van der Waals surface area contributed by atoms with Crippen LogP contribution in [0.3, 0.4) is 0 Å². The highest BCUT2D eigenvalue weighted by atomic mass is 16.5. The molecule has 0 N–H and O–H groups in total. The quantitative estimate of drug-likeness (QED) is 0.775. The minimum Gasteiger partial charge on any atom is -0.499 e. The Balaban J connectivity index is 2.07. The number of Topliss-reactive ketones (excluding diaryl/α,β-unsaturated/α-hetero) is 1. The number of methoxy groups -OCH3 is 1. The maximum absolute atomic E-state index is 11.5. The average Bonchev–Trinajstić information content (AvgIpc) is 2.29. The van der Waals surface area contributed by atoms with Crippen LogP contribution in [0.5, 0.6) is 0 Å². The van der Waals surface area contributed by atoms with Gasteiger partial charge in [-0.1, -0.05) is 30.3 Å². The van der Waals surface area contributed by atoms with Crippen molar-refractivity contribution in [2.75, 3.05) is 13.7 Å². The molecular formula is C13H15NO2. The van der Waals surface area contributed by atoms with Crippen molar-refractivity contribution in [3.8, 4) is 0 Å². The number of hydrogen-bond acceptors (Lipinski definition) is 3. The van der Waals surface area contributed by atoms with Crippen LogP contribution in [0.2, 0.25) is 0 Å². The van der Waals surface area contributed by atoms with Gasteiger partial charge in [-0.05, 0) is 5.56 Å². The molecule has 2 rings (SSSR count). The van der Waals surface area contributed by atoms with Gasteiger partial charge in [-0.25, -0.2) is 0 Å². The fraction of sp³-hybridized carbons (Fsp3) is 0.308. The van der Waals surface area contributed by atoms with Gasteiger partial charge in [-0.3, -0.25) is 4.79 Å². The number of rotatable bonds is 3. The average molecular weight is 217 g/mol. The molecule has 1 aliphatic rings. The minimum atomic E-state index is 0.204. The molecule has 0 unspecified atom stereocenters. The molecule has 0 fully saturated rings. The fourth-order valence-electron chi connectivity index (χ4n) is 1.82. The molecule has 0 saturated carbocycles. The Morgan fingerprint density at radius 2 is 2.06 bits per heavy atom. The van der Waals surface area contributed by atoms with E-state index in [9.17, 15) is 4.79 Å². The van der Waals surface area contributed by atoms with Crippen molar-refractivity contribution < 1.29 is 9.53 Å². The lowest BCUT2D eigenvalue weighted by Crippen LogP contribution is -2.29. The highest BCUT2D eigenvalue weighted by molar-refractivity contribution is 5.83. The third-order valence-corrected chi connectivity index (χ3v) is 2.57. The number of nitrogens with zero attached hydrogens (tertiary/aromatic N) is 1. The molecule has 0 atom stereocenters. The first kappa shape index (κ1) is 10.7. The lowest BCUT2D eigenvalue weighted by atomic mass is 10.1. The molecule has 0 amide bonds. The van der Waals surface area contributed by atoms with Gasteiger partial charge in [0.15, 0.2) is 5.78 Å². The molecule has 1 aliphatic heterocycles.